The number of hydrogen-bond acceptors (Lipinski definition) is 6. The lowest BCUT2D eigenvalue weighted by molar-refractivity contribution is 0.785. The van der Waals surface area contributed by atoms with E-state index in [2.05, 4.69) is 38.0 Å². The van der Waals surface area contributed by atoms with Crippen LogP contribution in [0, 0.1) is 13.8 Å². The predicted molar refractivity (Wildman–Crippen MR) is 78.1 cm³/mol. The molecule has 2 heterocycles. The molecule has 102 valence electrons. The summed E-state index contributed by atoms with van der Waals surface area (Å²) in [6, 6.07) is 6.15. The fourth-order valence-corrected chi connectivity index (χ4v) is 2.63. The van der Waals surface area contributed by atoms with Crippen LogP contribution in [-0.2, 0) is 6.54 Å². The van der Waals surface area contributed by atoms with Gasteiger partial charge in [0.25, 0.3) is 0 Å². The number of thiazole rings is 1. The first-order valence-electron chi connectivity index (χ1n) is 6.21. The molecule has 1 N–H and O–H groups in total. The van der Waals surface area contributed by atoms with Crippen molar-refractivity contribution < 1.29 is 0 Å². The Balaban J connectivity index is 1.81. The molecule has 0 saturated carbocycles. The molecule has 0 aliphatic carbocycles. The maximum absolute atomic E-state index is 4.25. The summed E-state index contributed by atoms with van der Waals surface area (Å²) in [5, 5.41) is 14.7. The summed E-state index contributed by atoms with van der Waals surface area (Å²) in [7, 11) is 0. The van der Waals surface area contributed by atoms with Gasteiger partial charge in [-0.3, -0.25) is 0 Å². The molecular weight excluding hydrogens is 272 g/mol. The topological polar surface area (TPSA) is 68.5 Å². The number of aromatic nitrogens is 5. The normalized spacial score (nSPS) is 10.7. The minimum absolute atomic E-state index is 0.772. The van der Waals surface area contributed by atoms with Gasteiger partial charge in [0.2, 0.25) is 0 Å². The van der Waals surface area contributed by atoms with E-state index in [4.69, 9.17) is 0 Å². The number of benzene rings is 1. The largest absolute Gasteiger partial charge is 0.380 e. The standard InChI is InChI=1S/C13H14N6S/c1-9-3-4-11(5-12(9)19-7-16-17-18-19)14-6-13-10(2)15-8-20-13/h3-5,7-8,14H,6H2,1-2H3. The van der Waals surface area contributed by atoms with E-state index in [0.29, 0.717) is 0 Å². The second kappa shape index (κ2) is 5.38. The molecule has 0 aliphatic rings. The van der Waals surface area contributed by atoms with Crippen molar-refractivity contribution in [2.75, 3.05) is 5.32 Å². The van der Waals surface area contributed by atoms with Crippen molar-refractivity contribution in [2.24, 2.45) is 0 Å². The lowest BCUT2D eigenvalue weighted by Crippen LogP contribution is -2.03. The van der Waals surface area contributed by atoms with E-state index in [1.807, 2.05) is 25.4 Å². The van der Waals surface area contributed by atoms with E-state index in [9.17, 15) is 0 Å². The Labute approximate surface area is 120 Å². The highest BCUT2D eigenvalue weighted by Gasteiger charge is 2.05. The van der Waals surface area contributed by atoms with Crippen LogP contribution in [0.25, 0.3) is 5.69 Å². The van der Waals surface area contributed by atoms with Crippen molar-refractivity contribution in [1.29, 1.82) is 0 Å². The van der Waals surface area contributed by atoms with Crippen LogP contribution in [0.5, 0.6) is 0 Å². The lowest BCUT2D eigenvalue weighted by atomic mass is 10.2. The van der Waals surface area contributed by atoms with Gasteiger partial charge in [-0.2, -0.15) is 0 Å². The SMILES string of the molecule is Cc1ccc(NCc2scnc2C)cc1-n1cnnn1. The average molecular weight is 286 g/mol. The molecule has 0 bridgehead atoms. The minimum Gasteiger partial charge on any atom is -0.380 e. The molecule has 0 aliphatic heterocycles. The van der Waals surface area contributed by atoms with Crippen LogP contribution in [0.3, 0.4) is 0 Å². The first-order chi connectivity index (χ1) is 9.74. The molecule has 3 rings (SSSR count). The van der Waals surface area contributed by atoms with Gasteiger partial charge < -0.3 is 5.32 Å². The van der Waals surface area contributed by atoms with Gasteiger partial charge in [-0.05, 0) is 42.0 Å². The zero-order valence-electron chi connectivity index (χ0n) is 11.2. The zero-order chi connectivity index (χ0) is 13.9. The van der Waals surface area contributed by atoms with Crippen LogP contribution in [0.15, 0.2) is 30.0 Å². The maximum atomic E-state index is 4.25. The highest BCUT2D eigenvalue weighted by molar-refractivity contribution is 7.09. The number of nitrogens with zero attached hydrogens (tertiary/aromatic N) is 5. The van der Waals surface area contributed by atoms with E-state index < -0.39 is 0 Å². The first kappa shape index (κ1) is 12.7. The average Bonchev–Trinajstić information content (AvgIpc) is 3.09. The van der Waals surface area contributed by atoms with E-state index in [1.54, 1.807) is 22.3 Å². The molecule has 7 heteroatoms. The van der Waals surface area contributed by atoms with Gasteiger partial charge in [0.1, 0.15) is 6.33 Å². The molecule has 6 nitrogen and oxygen atoms in total. The third kappa shape index (κ3) is 2.53. The summed E-state index contributed by atoms with van der Waals surface area (Å²) in [6.07, 6.45) is 1.60. The second-order valence-corrected chi connectivity index (χ2v) is 5.41. The van der Waals surface area contributed by atoms with Crippen LogP contribution in [-0.4, -0.2) is 25.2 Å². The van der Waals surface area contributed by atoms with E-state index >= 15 is 0 Å². The third-order valence-electron chi connectivity index (χ3n) is 3.10. The summed E-state index contributed by atoms with van der Waals surface area (Å²) in [4.78, 5) is 5.49. The minimum atomic E-state index is 0.772. The van der Waals surface area contributed by atoms with Gasteiger partial charge >= 0.3 is 0 Å². The Morgan fingerprint density at radius 1 is 1.30 bits per heavy atom. The number of anilines is 1. The van der Waals surface area contributed by atoms with Crippen molar-refractivity contribution in [1.82, 2.24) is 25.2 Å². The predicted octanol–water partition coefficient (Wildman–Crippen LogP) is 2.35. The fourth-order valence-electron chi connectivity index (χ4n) is 1.92. The van der Waals surface area contributed by atoms with Crippen LogP contribution in [0.1, 0.15) is 16.1 Å². The second-order valence-electron chi connectivity index (χ2n) is 4.47. The Morgan fingerprint density at radius 3 is 2.90 bits per heavy atom. The molecule has 0 radical (unpaired) electrons. The van der Waals surface area contributed by atoms with Gasteiger partial charge in [-0.25, -0.2) is 9.67 Å². The monoisotopic (exact) mass is 286 g/mol. The number of rotatable bonds is 4. The summed E-state index contributed by atoms with van der Waals surface area (Å²) in [5.41, 5.74) is 6.08. The van der Waals surface area contributed by atoms with Gasteiger partial charge in [-0.15, -0.1) is 16.4 Å². The summed E-state index contributed by atoms with van der Waals surface area (Å²) < 4.78 is 1.67. The van der Waals surface area contributed by atoms with Gasteiger partial charge in [0, 0.05) is 10.6 Å². The van der Waals surface area contributed by atoms with Gasteiger partial charge in [0.15, 0.2) is 0 Å². The Kier molecular flexibility index (Phi) is 3.42. The van der Waals surface area contributed by atoms with Crippen molar-refractivity contribution in [3.63, 3.8) is 0 Å². The first-order valence-corrected chi connectivity index (χ1v) is 7.09. The Bertz CT molecular complexity index is 703. The van der Waals surface area contributed by atoms with Gasteiger partial charge in [-0.1, -0.05) is 6.07 Å². The van der Waals surface area contributed by atoms with Crippen LogP contribution in [0.2, 0.25) is 0 Å². The van der Waals surface area contributed by atoms with Crippen LogP contribution in [0.4, 0.5) is 5.69 Å². The number of tetrazole rings is 1. The number of aryl methyl sites for hydroxylation is 2. The van der Waals surface area contributed by atoms with Crippen molar-refractivity contribution in [3.05, 3.63) is 46.2 Å². The molecule has 0 atom stereocenters. The molecule has 0 spiro atoms. The number of hydrogen-bond donors (Lipinski definition) is 1. The maximum Gasteiger partial charge on any atom is 0.143 e. The summed E-state index contributed by atoms with van der Waals surface area (Å²) >= 11 is 1.66. The van der Waals surface area contributed by atoms with Crippen molar-refractivity contribution in [3.8, 4) is 5.69 Å². The Hall–Kier alpha value is -2.28. The molecule has 0 amide bonds. The van der Waals surface area contributed by atoms with Crippen molar-refractivity contribution in [2.45, 2.75) is 20.4 Å². The molecular formula is C13H14N6S. The molecule has 0 saturated heterocycles. The Morgan fingerprint density at radius 2 is 2.20 bits per heavy atom. The number of nitrogens with one attached hydrogen (secondary N) is 1. The fraction of sp³-hybridized carbons (Fsp3) is 0.231. The van der Waals surface area contributed by atoms with E-state index in [-0.39, 0.29) is 0 Å². The molecule has 2 aromatic heterocycles. The quantitative estimate of drug-likeness (QED) is 0.797. The highest BCUT2D eigenvalue weighted by atomic mass is 32.1. The highest BCUT2D eigenvalue weighted by Crippen LogP contribution is 2.20. The third-order valence-corrected chi connectivity index (χ3v) is 4.04. The molecule has 3 aromatic rings. The van der Waals surface area contributed by atoms with E-state index in [1.165, 1.54) is 4.88 Å². The van der Waals surface area contributed by atoms with Crippen LogP contribution < -0.4 is 5.32 Å². The zero-order valence-corrected chi connectivity index (χ0v) is 12.1. The van der Waals surface area contributed by atoms with Gasteiger partial charge in [0.05, 0.1) is 23.4 Å². The van der Waals surface area contributed by atoms with Crippen LogP contribution >= 0.6 is 11.3 Å². The smallest absolute Gasteiger partial charge is 0.143 e. The van der Waals surface area contributed by atoms with Crippen molar-refractivity contribution >= 4 is 17.0 Å². The summed E-state index contributed by atoms with van der Waals surface area (Å²) in [6.45, 7) is 4.83. The molecule has 1 aromatic carbocycles. The lowest BCUT2D eigenvalue weighted by Gasteiger charge is -2.10. The molecule has 0 fully saturated rings. The molecule has 20 heavy (non-hydrogen) atoms. The summed E-state index contributed by atoms with van der Waals surface area (Å²) in [5.74, 6) is 0. The molecule has 0 unspecified atom stereocenters. The van der Waals surface area contributed by atoms with E-state index in [0.717, 1.165) is 29.2 Å².